The van der Waals surface area contributed by atoms with Crippen molar-refractivity contribution in [1.82, 2.24) is 9.97 Å². The topological polar surface area (TPSA) is 58.1 Å². The molecule has 0 spiro atoms. The lowest BCUT2D eigenvalue weighted by molar-refractivity contribution is 0.102. The van der Waals surface area contributed by atoms with Crippen LogP contribution >= 0.6 is 0 Å². The summed E-state index contributed by atoms with van der Waals surface area (Å²) in [6.07, 6.45) is 5.64. The monoisotopic (exact) mass is 324 g/mol. The number of anilines is 2. The maximum Gasteiger partial charge on any atom is 0.258 e. The van der Waals surface area contributed by atoms with Crippen molar-refractivity contribution in [2.45, 2.75) is 39.0 Å². The zero-order chi connectivity index (χ0) is 17.2. The molecular weight excluding hydrogens is 300 g/mol. The number of carbonyl (C=O) groups is 1. The van der Waals surface area contributed by atoms with E-state index >= 15 is 0 Å². The Labute approximate surface area is 143 Å². The first kappa shape index (κ1) is 16.4. The highest BCUT2D eigenvalue weighted by molar-refractivity contribution is 6.04. The van der Waals surface area contributed by atoms with E-state index < -0.39 is 0 Å². The van der Waals surface area contributed by atoms with E-state index in [1.165, 1.54) is 12.8 Å². The molecule has 3 rings (SSSR count). The van der Waals surface area contributed by atoms with Gasteiger partial charge >= 0.3 is 0 Å². The lowest BCUT2D eigenvalue weighted by Gasteiger charge is -2.18. The third-order valence-corrected chi connectivity index (χ3v) is 4.16. The van der Waals surface area contributed by atoms with Crippen molar-refractivity contribution in [2.75, 3.05) is 23.3 Å². The van der Waals surface area contributed by atoms with E-state index in [4.69, 9.17) is 0 Å². The summed E-state index contributed by atoms with van der Waals surface area (Å²) in [6, 6.07) is 7.99. The molecule has 1 N–H and O–H groups in total. The Kier molecular flexibility index (Phi) is 4.51. The predicted octanol–water partition coefficient (Wildman–Crippen LogP) is 3.63. The molecule has 24 heavy (non-hydrogen) atoms. The van der Waals surface area contributed by atoms with Gasteiger partial charge in [-0.15, -0.1) is 0 Å². The molecule has 1 aliphatic heterocycles. The second kappa shape index (κ2) is 6.59. The second-order valence-corrected chi connectivity index (χ2v) is 7.24. The molecule has 1 aromatic carbocycles. The maximum absolute atomic E-state index is 12.4. The summed E-state index contributed by atoms with van der Waals surface area (Å²) in [7, 11) is 0. The van der Waals surface area contributed by atoms with Gasteiger partial charge in [-0.05, 0) is 31.0 Å². The minimum atomic E-state index is -0.186. The van der Waals surface area contributed by atoms with Gasteiger partial charge in [0.05, 0.1) is 5.56 Å². The van der Waals surface area contributed by atoms with Crippen molar-refractivity contribution in [1.29, 1.82) is 0 Å². The summed E-state index contributed by atoms with van der Waals surface area (Å²) in [5.74, 6) is 0.545. The quantitative estimate of drug-likeness (QED) is 0.937. The van der Waals surface area contributed by atoms with Crippen molar-refractivity contribution in [3.05, 3.63) is 48.0 Å². The number of benzene rings is 1. The van der Waals surface area contributed by atoms with E-state index in [0.29, 0.717) is 5.56 Å². The predicted molar refractivity (Wildman–Crippen MR) is 96.6 cm³/mol. The number of nitrogens with zero attached hydrogens (tertiary/aromatic N) is 3. The van der Waals surface area contributed by atoms with Crippen LogP contribution in [0.15, 0.2) is 36.7 Å². The standard InChI is InChI=1S/C19H24N4O/c1-19(2,3)18-20-12-14(13-21-18)17(24)22-15-7-6-8-16(11-15)23-9-4-5-10-23/h6-8,11-13H,4-5,9-10H2,1-3H3,(H,22,24). The highest BCUT2D eigenvalue weighted by Crippen LogP contribution is 2.23. The molecule has 1 aliphatic rings. The Bertz CT molecular complexity index is 713. The Balaban J connectivity index is 1.71. The Morgan fingerprint density at radius 3 is 2.42 bits per heavy atom. The molecule has 0 unspecified atom stereocenters. The van der Waals surface area contributed by atoms with Gasteiger partial charge in [-0.1, -0.05) is 26.8 Å². The van der Waals surface area contributed by atoms with Gasteiger partial charge in [0.2, 0.25) is 0 Å². The third-order valence-electron chi connectivity index (χ3n) is 4.16. The third kappa shape index (κ3) is 3.72. The fourth-order valence-corrected chi connectivity index (χ4v) is 2.79. The maximum atomic E-state index is 12.4. The summed E-state index contributed by atoms with van der Waals surface area (Å²) in [4.78, 5) is 23.4. The number of rotatable bonds is 3. The Morgan fingerprint density at radius 1 is 1.12 bits per heavy atom. The zero-order valence-corrected chi connectivity index (χ0v) is 14.5. The number of aromatic nitrogens is 2. The first-order chi connectivity index (χ1) is 11.4. The summed E-state index contributed by atoms with van der Waals surface area (Å²) in [5, 5.41) is 2.93. The van der Waals surface area contributed by atoms with Crippen LogP contribution in [-0.2, 0) is 5.41 Å². The summed E-state index contributed by atoms with van der Waals surface area (Å²) >= 11 is 0. The fraction of sp³-hybridized carbons (Fsp3) is 0.421. The van der Waals surface area contributed by atoms with Gasteiger partial charge in [0, 0.05) is 42.3 Å². The fourth-order valence-electron chi connectivity index (χ4n) is 2.79. The van der Waals surface area contributed by atoms with Gasteiger partial charge in [-0.25, -0.2) is 9.97 Å². The van der Waals surface area contributed by atoms with E-state index in [1.54, 1.807) is 12.4 Å². The average molecular weight is 324 g/mol. The summed E-state index contributed by atoms with van der Waals surface area (Å²) in [5.41, 5.74) is 2.29. The molecule has 1 saturated heterocycles. The van der Waals surface area contributed by atoms with Crippen molar-refractivity contribution >= 4 is 17.3 Å². The van der Waals surface area contributed by atoms with Gasteiger partial charge in [-0.3, -0.25) is 4.79 Å². The SMILES string of the molecule is CC(C)(C)c1ncc(C(=O)Nc2cccc(N3CCCC3)c2)cn1. The molecule has 0 radical (unpaired) electrons. The second-order valence-electron chi connectivity index (χ2n) is 7.24. The van der Waals surface area contributed by atoms with Crippen molar-refractivity contribution in [2.24, 2.45) is 0 Å². The highest BCUT2D eigenvalue weighted by atomic mass is 16.1. The van der Waals surface area contributed by atoms with E-state index in [2.05, 4.69) is 26.3 Å². The molecule has 5 heteroatoms. The van der Waals surface area contributed by atoms with Gasteiger partial charge in [-0.2, -0.15) is 0 Å². The van der Waals surface area contributed by atoms with Crippen LogP contribution in [0.5, 0.6) is 0 Å². The Morgan fingerprint density at radius 2 is 1.79 bits per heavy atom. The molecule has 1 fully saturated rings. The number of nitrogens with one attached hydrogen (secondary N) is 1. The Hall–Kier alpha value is -2.43. The molecule has 0 atom stereocenters. The minimum absolute atomic E-state index is 0.126. The molecule has 0 bridgehead atoms. The van der Waals surface area contributed by atoms with E-state index in [9.17, 15) is 4.79 Å². The van der Waals surface area contributed by atoms with Crippen LogP contribution in [-0.4, -0.2) is 29.0 Å². The van der Waals surface area contributed by atoms with Crippen molar-refractivity contribution in [3.8, 4) is 0 Å². The van der Waals surface area contributed by atoms with E-state index in [0.717, 1.165) is 30.3 Å². The number of hydrogen-bond acceptors (Lipinski definition) is 4. The van der Waals surface area contributed by atoms with Gasteiger partial charge in [0.15, 0.2) is 0 Å². The summed E-state index contributed by atoms with van der Waals surface area (Å²) in [6.45, 7) is 8.31. The highest BCUT2D eigenvalue weighted by Gasteiger charge is 2.18. The molecule has 2 aromatic rings. The molecule has 0 aliphatic carbocycles. The van der Waals surface area contributed by atoms with Crippen LogP contribution in [0.3, 0.4) is 0 Å². The molecule has 5 nitrogen and oxygen atoms in total. The van der Waals surface area contributed by atoms with Crippen LogP contribution in [0.4, 0.5) is 11.4 Å². The lowest BCUT2D eigenvalue weighted by atomic mass is 9.96. The molecule has 2 heterocycles. The van der Waals surface area contributed by atoms with Crippen LogP contribution in [0.1, 0.15) is 49.8 Å². The van der Waals surface area contributed by atoms with Crippen LogP contribution in [0.2, 0.25) is 0 Å². The van der Waals surface area contributed by atoms with Crippen LogP contribution < -0.4 is 10.2 Å². The molecule has 0 saturated carbocycles. The average Bonchev–Trinajstić information content (AvgIpc) is 3.09. The largest absolute Gasteiger partial charge is 0.371 e. The van der Waals surface area contributed by atoms with Crippen LogP contribution in [0.25, 0.3) is 0 Å². The first-order valence-electron chi connectivity index (χ1n) is 8.42. The number of hydrogen-bond donors (Lipinski definition) is 1. The summed E-state index contributed by atoms with van der Waals surface area (Å²) < 4.78 is 0. The molecular formula is C19H24N4O. The smallest absolute Gasteiger partial charge is 0.258 e. The lowest BCUT2D eigenvalue weighted by Crippen LogP contribution is -2.19. The van der Waals surface area contributed by atoms with Gasteiger partial charge < -0.3 is 10.2 Å². The van der Waals surface area contributed by atoms with Gasteiger partial charge in [0.1, 0.15) is 5.82 Å². The van der Waals surface area contributed by atoms with Crippen molar-refractivity contribution < 1.29 is 4.79 Å². The van der Waals surface area contributed by atoms with Crippen molar-refractivity contribution in [3.63, 3.8) is 0 Å². The van der Waals surface area contributed by atoms with E-state index in [1.807, 2.05) is 39.0 Å². The number of carbonyl (C=O) groups excluding carboxylic acids is 1. The molecule has 1 aromatic heterocycles. The zero-order valence-electron chi connectivity index (χ0n) is 14.5. The molecule has 126 valence electrons. The van der Waals surface area contributed by atoms with Gasteiger partial charge in [0.25, 0.3) is 5.91 Å². The first-order valence-corrected chi connectivity index (χ1v) is 8.42. The van der Waals surface area contributed by atoms with Crippen LogP contribution in [0, 0.1) is 0 Å². The molecule has 1 amide bonds. The van der Waals surface area contributed by atoms with E-state index in [-0.39, 0.29) is 11.3 Å². The normalized spacial score (nSPS) is 14.7. The minimum Gasteiger partial charge on any atom is -0.371 e. The number of amides is 1.